The average molecular weight is 215 g/mol. The van der Waals surface area contributed by atoms with Crippen molar-refractivity contribution in [2.45, 2.75) is 13.8 Å². The minimum Gasteiger partial charge on any atom is -0.478 e. The molecule has 82 valence electrons. The van der Waals surface area contributed by atoms with Crippen LogP contribution in [0, 0.1) is 13.8 Å². The van der Waals surface area contributed by atoms with Gasteiger partial charge in [-0.3, -0.25) is 0 Å². The quantitative estimate of drug-likeness (QED) is 0.719. The van der Waals surface area contributed by atoms with Crippen LogP contribution in [0.25, 0.3) is 10.8 Å². The molecule has 16 heavy (non-hydrogen) atoms. The van der Waals surface area contributed by atoms with Crippen molar-refractivity contribution in [1.82, 2.24) is 0 Å². The molecule has 2 rings (SSSR count). The SMILES string of the molecule is Cc1c(N)c(C)c2ccccc2c1C(=O)O. The zero-order chi connectivity index (χ0) is 11.9. The second kappa shape index (κ2) is 3.52. The molecule has 2 aromatic carbocycles. The molecule has 0 heterocycles. The van der Waals surface area contributed by atoms with E-state index >= 15 is 0 Å². The summed E-state index contributed by atoms with van der Waals surface area (Å²) in [5.74, 6) is -0.930. The smallest absolute Gasteiger partial charge is 0.336 e. The van der Waals surface area contributed by atoms with Gasteiger partial charge in [-0.1, -0.05) is 24.3 Å². The van der Waals surface area contributed by atoms with Crippen LogP contribution in [-0.2, 0) is 0 Å². The maximum absolute atomic E-state index is 11.2. The minimum absolute atomic E-state index is 0.304. The molecule has 0 bridgehead atoms. The van der Waals surface area contributed by atoms with Crippen LogP contribution in [0.3, 0.4) is 0 Å². The van der Waals surface area contributed by atoms with E-state index in [9.17, 15) is 9.90 Å². The van der Waals surface area contributed by atoms with Gasteiger partial charge in [0.1, 0.15) is 0 Å². The number of hydrogen-bond acceptors (Lipinski definition) is 2. The van der Waals surface area contributed by atoms with Crippen molar-refractivity contribution in [1.29, 1.82) is 0 Å². The number of aromatic carboxylic acids is 1. The summed E-state index contributed by atoms with van der Waals surface area (Å²) in [5.41, 5.74) is 8.38. The van der Waals surface area contributed by atoms with Crippen LogP contribution in [0.1, 0.15) is 21.5 Å². The second-order valence-corrected chi connectivity index (χ2v) is 3.89. The lowest BCUT2D eigenvalue weighted by atomic mass is 9.94. The monoisotopic (exact) mass is 215 g/mol. The topological polar surface area (TPSA) is 63.3 Å². The fourth-order valence-electron chi connectivity index (χ4n) is 2.07. The summed E-state index contributed by atoms with van der Waals surface area (Å²) in [6.07, 6.45) is 0. The highest BCUT2D eigenvalue weighted by Crippen LogP contribution is 2.31. The van der Waals surface area contributed by atoms with Gasteiger partial charge < -0.3 is 10.8 Å². The van der Waals surface area contributed by atoms with Crippen molar-refractivity contribution in [3.63, 3.8) is 0 Å². The maximum atomic E-state index is 11.2. The highest BCUT2D eigenvalue weighted by atomic mass is 16.4. The molecule has 0 saturated carbocycles. The predicted octanol–water partition coefficient (Wildman–Crippen LogP) is 2.74. The van der Waals surface area contributed by atoms with Crippen LogP contribution < -0.4 is 5.73 Å². The Morgan fingerprint density at radius 1 is 1.12 bits per heavy atom. The van der Waals surface area contributed by atoms with E-state index < -0.39 is 5.97 Å². The number of benzene rings is 2. The Balaban J connectivity index is 3.04. The first kappa shape index (κ1) is 10.5. The van der Waals surface area contributed by atoms with E-state index in [0.717, 1.165) is 16.3 Å². The molecule has 3 heteroatoms. The van der Waals surface area contributed by atoms with Crippen LogP contribution in [0.15, 0.2) is 24.3 Å². The Morgan fingerprint density at radius 3 is 2.25 bits per heavy atom. The summed E-state index contributed by atoms with van der Waals surface area (Å²) in [4.78, 5) is 11.2. The van der Waals surface area contributed by atoms with E-state index in [2.05, 4.69) is 0 Å². The summed E-state index contributed by atoms with van der Waals surface area (Å²) < 4.78 is 0. The van der Waals surface area contributed by atoms with Crippen molar-refractivity contribution in [2.24, 2.45) is 0 Å². The minimum atomic E-state index is -0.930. The lowest BCUT2D eigenvalue weighted by Crippen LogP contribution is -2.06. The van der Waals surface area contributed by atoms with Crippen LogP contribution in [0.2, 0.25) is 0 Å². The maximum Gasteiger partial charge on any atom is 0.336 e. The molecule has 2 aromatic rings. The Morgan fingerprint density at radius 2 is 1.69 bits per heavy atom. The summed E-state index contributed by atoms with van der Waals surface area (Å²) in [7, 11) is 0. The lowest BCUT2D eigenvalue weighted by molar-refractivity contribution is 0.0698. The van der Waals surface area contributed by atoms with Gasteiger partial charge in [0.2, 0.25) is 0 Å². The van der Waals surface area contributed by atoms with Gasteiger partial charge in [-0.2, -0.15) is 0 Å². The second-order valence-electron chi connectivity index (χ2n) is 3.89. The fourth-order valence-corrected chi connectivity index (χ4v) is 2.07. The first-order chi connectivity index (χ1) is 7.54. The summed E-state index contributed by atoms with van der Waals surface area (Å²) in [6, 6.07) is 7.44. The van der Waals surface area contributed by atoms with Gasteiger partial charge in [0.25, 0.3) is 0 Å². The van der Waals surface area contributed by atoms with Gasteiger partial charge >= 0.3 is 5.97 Å². The Hall–Kier alpha value is -2.03. The number of carboxylic acid groups (broad SMARTS) is 1. The summed E-state index contributed by atoms with van der Waals surface area (Å²) >= 11 is 0. The molecule has 3 N–H and O–H groups in total. The number of aryl methyl sites for hydroxylation is 1. The Labute approximate surface area is 93.5 Å². The normalized spacial score (nSPS) is 10.6. The van der Waals surface area contributed by atoms with Gasteiger partial charge in [0.05, 0.1) is 5.56 Å². The molecule has 0 aliphatic rings. The lowest BCUT2D eigenvalue weighted by Gasteiger charge is -2.13. The third-order valence-electron chi connectivity index (χ3n) is 3.00. The molecule has 3 nitrogen and oxygen atoms in total. The molecule has 0 radical (unpaired) electrons. The fraction of sp³-hybridized carbons (Fsp3) is 0.154. The molecule has 0 spiro atoms. The first-order valence-electron chi connectivity index (χ1n) is 5.04. The molecule has 0 unspecified atom stereocenters. The number of anilines is 1. The van der Waals surface area contributed by atoms with Crippen LogP contribution in [-0.4, -0.2) is 11.1 Å². The highest BCUT2D eigenvalue weighted by molar-refractivity contribution is 6.08. The van der Waals surface area contributed by atoms with Crippen molar-refractivity contribution in [3.05, 3.63) is 41.0 Å². The number of fused-ring (bicyclic) bond motifs is 1. The van der Waals surface area contributed by atoms with E-state index in [1.807, 2.05) is 31.2 Å². The highest BCUT2D eigenvalue weighted by Gasteiger charge is 2.16. The van der Waals surface area contributed by atoms with Crippen LogP contribution >= 0.6 is 0 Å². The molecular formula is C13H13NO2. The van der Waals surface area contributed by atoms with E-state index in [1.54, 1.807) is 6.92 Å². The van der Waals surface area contributed by atoms with Crippen LogP contribution in [0.5, 0.6) is 0 Å². The molecule has 0 aromatic heterocycles. The van der Waals surface area contributed by atoms with Gasteiger partial charge in [0, 0.05) is 5.69 Å². The number of nitrogen functional groups attached to an aromatic ring is 1. The van der Waals surface area contributed by atoms with E-state index in [-0.39, 0.29) is 0 Å². The molecular weight excluding hydrogens is 202 g/mol. The predicted molar refractivity (Wildman–Crippen MR) is 64.8 cm³/mol. The van der Waals surface area contributed by atoms with E-state index in [1.165, 1.54) is 0 Å². The summed E-state index contributed by atoms with van der Waals surface area (Å²) in [5, 5.41) is 10.9. The van der Waals surface area contributed by atoms with Gasteiger partial charge in [-0.15, -0.1) is 0 Å². The Kier molecular flexibility index (Phi) is 2.31. The number of hydrogen-bond donors (Lipinski definition) is 2. The first-order valence-corrected chi connectivity index (χ1v) is 5.04. The third-order valence-corrected chi connectivity index (χ3v) is 3.00. The van der Waals surface area contributed by atoms with Crippen molar-refractivity contribution in [2.75, 3.05) is 5.73 Å². The van der Waals surface area contributed by atoms with Gasteiger partial charge in [-0.25, -0.2) is 4.79 Å². The van der Waals surface area contributed by atoms with E-state index in [4.69, 9.17) is 5.73 Å². The standard InChI is InChI=1S/C13H13NO2/c1-7-9-5-3-4-6-10(9)11(13(15)16)8(2)12(7)14/h3-6H,14H2,1-2H3,(H,15,16). The van der Waals surface area contributed by atoms with Gasteiger partial charge in [0.15, 0.2) is 0 Å². The largest absolute Gasteiger partial charge is 0.478 e. The molecule has 0 aliphatic heterocycles. The number of rotatable bonds is 1. The number of carbonyl (C=O) groups is 1. The molecule has 0 amide bonds. The van der Waals surface area contributed by atoms with Crippen molar-refractivity contribution >= 4 is 22.4 Å². The van der Waals surface area contributed by atoms with E-state index in [0.29, 0.717) is 16.8 Å². The zero-order valence-electron chi connectivity index (χ0n) is 9.24. The average Bonchev–Trinajstić information content (AvgIpc) is 2.26. The molecule has 0 saturated heterocycles. The molecule has 0 aliphatic carbocycles. The van der Waals surface area contributed by atoms with Crippen molar-refractivity contribution < 1.29 is 9.90 Å². The zero-order valence-corrected chi connectivity index (χ0v) is 9.24. The number of carboxylic acids is 1. The number of nitrogens with two attached hydrogens (primary N) is 1. The van der Waals surface area contributed by atoms with Crippen LogP contribution in [0.4, 0.5) is 5.69 Å². The van der Waals surface area contributed by atoms with Gasteiger partial charge in [-0.05, 0) is 35.7 Å². The molecule has 0 fully saturated rings. The molecule has 0 atom stereocenters. The summed E-state index contributed by atoms with van der Waals surface area (Å²) in [6.45, 7) is 3.66. The van der Waals surface area contributed by atoms with Crippen molar-refractivity contribution in [3.8, 4) is 0 Å². The third kappa shape index (κ3) is 1.33. The Bertz CT molecular complexity index is 588.